The van der Waals surface area contributed by atoms with Gasteiger partial charge in [0.2, 0.25) is 5.95 Å². The highest BCUT2D eigenvalue weighted by molar-refractivity contribution is 5.75. The zero-order valence-electron chi connectivity index (χ0n) is 13.0. The van der Waals surface area contributed by atoms with Crippen molar-refractivity contribution in [2.24, 2.45) is 0 Å². The van der Waals surface area contributed by atoms with Gasteiger partial charge in [-0.3, -0.25) is 4.68 Å². The van der Waals surface area contributed by atoms with Gasteiger partial charge in [0.15, 0.2) is 5.82 Å². The fraction of sp³-hybridized carbons (Fsp3) is 0.200. The normalized spacial score (nSPS) is 12.4. The molecule has 4 rings (SSSR count). The van der Waals surface area contributed by atoms with Crippen molar-refractivity contribution in [2.75, 3.05) is 5.32 Å². The lowest BCUT2D eigenvalue weighted by atomic mass is 10.3. The molecular weight excluding hydrogens is 306 g/mol. The molecule has 0 radical (unpaired) electrons. The average Bonchev–Trinajstić information content (AvgIpc) is 3.24. The summed E-state index contributed by atoms with van der Waals surface area (Å²) in [6.07, 6.45) is 4.89. The van der Waals surface area contributed by atoms with Gasteiger partial charge in [-0.25, -0.2) is 9.97 Å². The molecule has 0 unspecified atom stereocenters. The Hall–Kier alpha value is -3.36. The van der Waals surface area contributed by atoms with Crippen LogP contribution < -0.4 is 5.32 Å². The molecule has 0 aliphatic rings. The molecule has 24 heavy (non-hydrogen) atoms. The first kappa shape index (κ1) is 14.2. The summed E-state index contributed by atoms with van der Waals surface area (Å²) in [5.41, 5.74) is 1.72. The Bertz CT molecular complexity index is 944. The second kappa shape index (κ2) is 6.03. The van der Waals surface area contributed by atoms with Crippen LogP contribution in [-0.4, -0.2) is 45.8 Å². The minimum absolute atomic E-state index is 0.0921. The van der Waals surface area contributed by atoms with Crippen molar-refractivity contribution in [3.8, 4) is 5.82 Å². The van der Waals surface area contributed by atoms with Crippen LogP contribution in [-0.2, 0) is 6.54 Å². The second-order valence-electron chi connectivity index (χ2n) is 5.39. The van der Waals surface area contributed by atoms with E-state index in [9.17, 15) is 0 Å². The largest absolute Gasteiger partial charge is 0.350 e. The third-order valence-electron chi connectivity index (χ3n) is 3.51. The molecule has 1 atom stereocenters. The second-order valence-corrected chi connectivity index (χ2v) is 5.39. The van der Waals surface area contributed by atoms with Gasteiger partial charge in [-0.1, -0.05) is 17.3 Å². The van der Waals surface area contributed by atoms with Gasteiger partial charge in [0, 0.05) is 18.3 Å². The lowest BCUT2D eigenvalue weighted by Gasteiger charge is -2.13. The molecule has 0 bridgehead atoms. The smallest absolute Gasteiger partial charge is 0.224 e. The molecule has 1 aromatic carbocycles. The van der Waals surface area contributed by atoms with Crippen LogP contribution in [0.3, 0.4) is 0 Å². The minimum Gasteiger partial charge on any atom is -0.350 e. The highest BCUT2D eigenvalue weighted by Gasteiger charge is 2.10. The highest BCUT2D eigenvalue weighted by atomic mass is 15.4. The molecule has 9 nitrogen and oxygen atoms in total. The van der Waals surface area contributed by atoms with E-state index < -0.39 is 0 Å². The predicted molar refractivity (Wildman–Crippen MR) is 87.6 cm³/mol. The molecule has 0 spiro atoms. The fourth-order valence-corrected chi connectivity index (χ4v) is 2.45. The molecule has 1 N–H and O–H groups in total. The minimum atomic E-state index is 0.0921. The van der Waals surface area contributed by atoms with E-state index in [0.717, 1.165) is 11.0 Å². The molecule has 9 heteroatoms. The van der Waals surface area contributed by atoms with E-state index in [1.165, 1.54) is 6.33 Å². The lowest BCUT2D eigenvalue weighted by Crippen LogP contribution is -2.23. The third-order valence-corrected chi connectivity index (χ3v) is 3.51. The Morgan fingerprint density at radius 1 is 1.21 bits per heavy atom. The average molecular weight is 321 g/mol. The highest BCUT2D eigenvalue weighted by Crippen LogP contribution is 2.15. The summed E-state index contributed by atoms with van der Waals surface area (Å²) >= 11 is 0. The maximum atomic E-state index is 4.53. The summed E-state index contributed by atoms with van der Waals surface area (Å²) in [4.78, 5) is 12.7. The van der Waals surface area contributed by atoms with Gasteiger partial charge in [-0.05, 0) is 19.1 Å². The molecule has 120 valence electrons. The van der Waals surface area contributed by atoms with Gasteiger partial charge in [-0.15, -0.1) is 5.10 Å². The zero-order valence-corrected chi connectivity index (χ0v) is 13.0. The molecular formula is C15H15N9. The van der Waals surface area contributed by atoms with E-state index in [0.29, 0.717) is 18.3 Å². The molecule has 4 aromatic rings. The SMILES string of the molecule is C[C@H](Cn1cncn1)Nc1nccc(-n2nnc3ccccc32)n1. The Balaban J connectivity index is 1.57. The fourth-order valence-electron chi connectivity index (χ4n) is 2.45. The number of anilines is 1. The summed E-state index contributed by atoms with van der Waals surface area (Å²) in [6.45, 7) is 2.70. The topological polar surface area (TPSA) is 99.2 Å². The van der Waals surface area contributed by atoms with E-state index in [2.05, 4.69) is 35.7 Å². The molecule has 0 saturated heterocycles. The first-order valence-electron chi connectivity index (χ1n) is 7.52. The molecule has 3 aromatic heterocycles. The van der Waals surface area contributed by atoms with Crippen LogP contribution in [0.4, 0.5) is 5.95 Å². The summed E-state index contributed by atoms with van der Waals surface area (Å²) in [7, 11) is 0. The summed E-state index contributed by atoms with van der Waals surface area (Å²) in [5, 5.41) is 15.7. The van der Waals surface area contributed by atoms with Crippen molar-refractivity contribution >= 4 is 17.0 Å². The van der Waals surface area contributed by atoms with Crippen molar-refractivity contribution in [1.29, 1.82) is 0 Å². The van der Waals surface area contributed by atoms with E-state index in [-0.39, 0.29) is 6.04 Å². The van der Waals surface area contributed by atoms with Crippen LogP contribution in [0.5, 0.6) is 0 Å². The van der Waals surface area contributed by atoms with Crippen LogP contribution in [0.25, 0.3) is 16.9 Å². The molecule has 0 aliphatic carbocycles. The van der Waals surface area contributed by atoms with Crippen LogP contribution in [0, 0.1) is 0 Å². The van der Waals surface area contributed by atoms with Crippen LogP contribution in [0.15, 0.2) is 49.2 Å². The zero-order chi connectivity index (χ0) is 16.4. The number of nitrogens with one attached hydrogen (secondary N) is 1. The number of rotatable bonds is 5. The molecule has 0 amide bonds. The summed E-state index contributed by atoms with van der Waals surface area (Å²) < 4.78 is 3.46. The number of benzene rings is 1. The van der Waals surface area contributed by atoms with Crippen molar-refractivity contribution < 1.29 is 0 Å². The Labute approximate surface area is 137 Å². The summed E-state index contributed by atoms with van der Waals surface area (Å²) in [5.74, 6) is 1.19. The van der Waals surface area contributed by atoms with E-state index >= 15 is 0 Å². The number of aromatic nitrogens is 8. The monoisotopic (exact) mass is 321 g/mol. The quantitative estimate of drug-likeness (QED) is 0.591. The number of para-hydroxylation sites is 1. The molecule has 0 saturated carbocycles. The third kappa shape index (κ3) is 2.78. The summed E-state index contributed by atoms with van der Waals surface area (Å²) in [6, 6.07) is 9.64. The van der Waals surface area contributed by atoms with Crippen LogP contribution >= 0.6 is 0 Å². The van der Waals surface area contributed by atoms with Gasteiger partial charge >= 0.3 is 0 Å². The van der Waals surface area contributed by atoms with E-state index in [1.54, 1.807) is 28.0 Å². The first-order valence-corrected chi connectivity index (χ1v) is 7.52. The lowest BCUT2D eigenvalue weighted by molar-refractivity contribution is 0.556. The molecule has 0 fully saturated rings. The predicted octanol–water partition coefficient (Wildman–Crippen LogP) is 1.30. The number of hydrogen-bond donors (Lipinski definition) is 1. The van der Waals surface area contributed by atoms with Gasteiger partial charge in [0.05, 0.1) is 12.1 Å². The van der Waals surface area contributed by atoms with Gasteiger partial charge in [-0.2, -0.15) is 14.8 Å². The van der Waals surface area contributed by atoms with Gasteiger partial charge in [0.25, 0.3) is 0 Å². The Kier molecular flexibility index (Phi) is 3.58. The standard InChI is InChI=1S/C15H15N9/c1-11(8-23-10-16-9-18-23)19-15-17-7-6-14(20-15)24-13-5-3-2-4-12(13)21-22-24/h2-7,9-11H,8H2,1H3,(H,17,19,20)/t11-/m1/s1. The number of hydrogen-bond acceptors (Lipinski definition) is 7. The van der Waals surface area contributed by atoms with Gasteiger partial charge in [0.1, 0.15) is 18.2 Å². The Morgan fingerprint density at radius 3 is 3.00 bits per heavy atom. The number of fused-ring (bicyclic) bond motifs is 1. The van der Waals surface area contributed by atoms with Crippen molar-refractivity contribution in [3.63, 3.8) is 0 Å². The van der Waals surface area contributed by atoms with Crippen LogP contribution in [0.1, 0.15) is 6.92 Å². The van der Waals surface area contributed by atoms with E-state index in [4.69, 9.17) is 0 Å². The van der Waals surface area contributed by atoms with E-state index in [1.807, 2.05) is 31.2 Å². The molecule has 0 aliphatic heterocycles. The molecule has 3 heterocycles. The van der Waals surface area contributed by atoms with Crippen molar-refractivity contribution in [2.45, 2.75) is 19.5 Å². The Morgan fingerprint density at radius 2 is 2.12 bits per heavy atom. The van der Waals surface area contributed by atoms with Crippen LogP contribution in [0.2, 0.25) is 0 Å². The van der Waals surface area contributed by atoms with Gasteiger partial charge < -0.3 is 5.32 Å². The maximum absolute atomic E-state index is 4.53. The number of nitrogens with zero attached hydrogens (tertiary/aromatic N) is 8. The van der Waals surface area contributed by atoms with Crippen molar-refractivity contribution in [3.05, 3.63) is 49.2 Å². The van der Waals surface area contributed by atoms with Crippen molar-refractivity contribution in [1.82, 2.24) is 39.7 Å². The maximum Gasteiger partial charge on any atom is 0.224 e. The first-order chi connectivity index (χ1) is 11.8.